The Labute approximate surface area is 127 Å². The molecule has 0 fully saturated rings. The standard InChI is InChI=1S/C15H19BrFN3/c1-3-8-18-15(14-7-9-19-20(14)4-2)12-10-11(16)5-6-13(12)17/h5-7,9-10,15,18H,3-4,8H2,1-2H3. The summed E-state index contributed by atoms with van der Waals surface area (Å²) in [6, 6.07) is 6.79. The lowest BCUT2D eigenvalue weighted by atomic mass is 10.0. The first-order valence-corrected chi connectivity index (χ1v) is 7.66. The molecule has 1 unspecified atom stereocenters. The third-order valence-electron chi connectivity index (χ3n) is 3.21. The number of benzene rings is 1. The molecule has 0 aliphatic carbocycles. The van der Waals surface area contributed by atoms with Crippen molar-refractivity contribution in [2.24, 2.45) is 0 Å². The van der Waals surface area contributed by atoms with Gasteiger partial charge in [0.1, 0.15) is 5.82 Å². The van der Waals surface area contributed by atoms with E-state index in [4.69, 9.17) is 0 Å². The van der Waals surface area contributed by atoms with Crippen molar-refractivity contribution in [2.45, 2.75) is 32.9 Å². The Balaban J connectivity index is 2.44. The van der Waals surface area contributed by atoms with Gasteiger partial charge in [0.05, 0.1) is 11.7 Å². The highest BCUT2D eigenvalue weighted by atomic mass is 79.9. The summed E-state index contributed by atoms with van der Waals surface area (Å²) < 4.78 is 17.0. The molecule has 1 aromatic heterocycles. The number of nitrogens with one attached hydrogen (secondary N) is 1. The molecule has 0 saturated heterocycles. The van der Waals surface area contributed by atoms with Crippen molar-refractivity contribution in [3.05, 3.63) is 52.0 Å². The molecular weight excluding hydrogens is 321 g/mol. The lowest BCUT2D eigenvalue weighted by Crippen LogP contribution is -2.26. The van der Waals surface area contributed by atoms with Crippen LogP contribution in [0.15, 0.2) is 34.9 Å². The van der Waals surface area contributed by atoms with Crippen LogP contribution in [0.5, 0.6) is 0 Å². The van der Waals surface area contributed by atoms with Gasteiger partial charge in [0, 0.05) is 22.8 Å². The largest absolute Gasteiger partial charge is 0.305 e. The van der Waals surface area contributed by atoms with Gasteiger partial charge in [0.2, 0.25) is 0 Å². The molecule has 0 saturated carbocycles. The number of nitrogens with zero attached hydrogens (tertiary/aromatic N) is 2. The fraction of sp³-hybridized carbons (Fsp3) is 0.400. The molecule has 0 radical (unpaired) electrons. The molecule has 1 aromatic carbocycles. The molecule has 2 rings (SSSR count). The normalized spacial score (nSPS) is 12.6. The van der Waals surface area contributed by atoms with Crippen LogP contribution in [-0.2, 0) is 6.54 Å². The Bertz CT molecular complexity index is 568. The van der Waals surface area contributed by atoms with Crippen molar-refractivity contribution in [2.75, 3.05) is 6.54 Å². The van der Waals surface area contributed by atoms with Crippen LogP contribution in [0, 0.1) is 5.82 Å². The molecule has 0 spiro atoms. The second-order valence-electron chi connectivity index (χ2n) is 4.62. The summed E-state index contributed by atoms with van der Waals surface area (Å²) in [5.74, 6) is -0.203. The molecule has 108 valence electrons. The van der Waals surface area contributed by atoms with Gasteiger partial charge in [0.15, 0.2) is 0 Å². The van der Waals surface area contributed by atoms with Crippen molar-refractivity contribution < 1.29 is 4.39 Å². The Kier molecular flexibility index (Phi) is 5.31. The van der Waals surface area contributed by atoms with Crippen molar-refractivity contribution in [3.8, 4) is 0 Å². The van der Waals surface area contributed by atoms with Crippen molar-refractivity contribution >= 4 is 15.9 Å². The van der Waals surface area contributed by atoms with E-state index in [2.05, 4.69) is 33.3 Å². The predicted molar refractivity (Wildman–Crippen MR) is 82.1 cm³/mol. The van der Waals surface area contributed by atoms with Crippen LogP contribution in [0.25, 0.3) is 0 Å². The molecule has 2 aromatic rings. The summed E-state index contributed by atoms with van der Waals surface area (Å²) in [5.41, 5.74) is 1.63. The first-order valence-electron chi connectivity index (χ1n) is 6.87. The maximum Gasteiger partial charge on any atom is 0.128 e. The quantitative estimate of drug-likeness (QED) is 0.865. The van der Waals surface area contributed by atoms with E-state index in [0.29, 0.717) is 5.56 Å². The van der Waals surface area contributed by atoms with Crippen LogP contribution in [0.4, 0.5) is 4.39 Å². The minimum absolute atomic E-state index is 0.185. The van der Waals surface area contributed by atoms with E-state index >= 15 is 0 Å². The summed E-state index contributed by atoms with van der Waals surface area (Å²) in [5, 5.41) is 7.69. The van der Waals surface area contributed by atoms with E-state index in [1.807, 2.05) is 23.7 Å². The van der Waals surface area contributed by atoms with E-state index in [1.165, 1.54) is 6.07 Å². The highest BCUT2D eigenvalue weighted by molar-refractivity contribution is 9.10. The SMILES string of the molecule is CCCNC(c1cc(Br)ccc1F)c1ccnn1CC. The lowest BCUT2D eigenvalue weighted by Gasteiger charge is -2.21. The summed E-state index contributed by atoms with van der Waals surface area (Å²) in [6.07, 6.45) is 2.75. The Morgan fingerprint density at radius 3 is 2.85 bits per heavy atom. The molecule has 20 heavy (non-hydrogen) atoms. The molecule has 0 bridgehead atoms. The second kappa shape index (κ2) is 6.99. The number of aryl methyl sites for hydroxylation is 1. The van der Waals surface area contributed by atoms with Crippen LogP contribution in [0.1, 0.15) is 37.6 Å². The number of rotatable bonds is 6. The van der Waals surface area contributed by atoms with Crippen LogP contribution in [0.3, 0.4) is 0 Å². The molecule has 1 heterocycles. The van der Waals surface area contributed by atoms with Gasteiger partial charge >= 0.3 is 0 Å². The molecule has 0 aliphatic heterocycles. The van der Waals surface area contributed by atoms with Gasteiger partial charge < -0.3 is 5.32 Å². The molecule has 1 N–H and O–H groups in total. The number of halogens is 2. The number of aromatic nitrogens is 2. The highest BCUT2D eigenvalue weighted by Crippen LogP contribution is 2.27. The highest BCUT2D eigenvalue weighted by Gasteiger charge is 2.20. The van der Waals surface area contributed by atoms with Gasteiger partial charge in [0.25, 0.3) is 0 Å². The molecular formula is C15H19BrFN3. The minimum atomic E-state index is -0.203. The zero-order valence-electron chi connectivity index (χ0n) is 11.7. The molecule has 1 atom stereocenters. The van der Waals surface area contributed by atoms with Gasteiger partial charge in [-0.05, 0) is 44.2 Å². The average molecular weight is 340 g/mol. The zero-order chi connectivity index (χ0) is 14.5. The topological polar surface area (TPSA) is 29.9 Å². The van der Waals surface area contributed by atoms with Gasteiger partial charge in [-0.25, -0.2) is 4.39 Å². The monoisotopic (exact) mass is 339 g/mol. The Hall–Kier alpha value is -1.20. The fourth-order valence-corrected chi connectivity index (χ4v) is 2.63. The van der Waals surface area contributed by atoms with Crippen molar-refractivity contribution in [3.63, 3.8) is 0 Å². The van der Waals surface area contributed by atoms with Gasteiger partial charge in [-0.2, -0.15) is 5.10 Å². The Morgan fingerprint density at radius 2 is 2.15 bits per heavy atom. The first kappa shape index (κ1) is 15.2. The Morgan fingerprint density at radius 1 is 1.35 bits per heavy atom. The number of hydrogen-bond acceptors (Lipinski definition) is 2. The minimum Gasteiger partial charge on any atom is -0.305 e. The molecule has 5 heteroatoms. The van der Waals surface area contributed by atoms with Crippen LogP contribution >= 0.6 is 15.9 Å². The fourth-order valence-electron chi connectivity index (χ4n) is 2.25. The maximum atomic E-state index is 14.2. The predicted octanol–water partition coefficient (Wildman–Crippen LogP) is 3.89. The van der Waals surface area contributed by atoms with Gasteiger partial charge in [-0.3, -0.25) is 4.68 Å². The van der Waals surface area contributed by atoms with Gasteiger partial charge in [-0.15, -0.1) is 0 Å². The first-order chi connectivity index (χ1) is 9.67. The van der Waals surface area contributed by atoms with Gasteiger partial charge in [-0.1, -0.05) is 22.9 Å². The summed E-state index contributed by atoms with van der Waals surface area (Å²) >= 11 is 3.41. The van der Waals surface area contributed by atoms with E-state index in [-0.39, 0.29) is 11.9 Å². The molecule has 0 aliphatic rings. The van der Waals surface area contributed by atoms with Crippen LogP contribution in [0.2, 0.25) is 0 Å². The third kappa shape index (κ3) is 3.27. The van der Waals surface area contributed by atoms with Crippen LogP contribution in [-0.4, -0.2) is 16.3 Å². The smallest absolute Gasteiger partial charge is 0.128 e. The average Bonchev–Trinajstić information content (AvgIpc) is 2.91. The van der Waals surface area contributed by atoms with Crippen LogP contribution < -0.4 is 5.32 Å². The molecule has 3 nitrogen and oxygen atoms in total. The summed E-state index contributed by atoms with van der Waals surface area (Å²) in [4.78, 5) is 0. The summed E-state index contributed by atoms with van der Waals surface area (Å²) in [7, 11) is 0. The van der Waals surface area contributed by atoms with E-state index in [1.54, 1.807) is 12.3 Å². The molecule has 0 amide bonds. The van der Waals surface area contributed by atoms with Crippen molar-refractivity contribution in [1.82, 2.24) is 15.1 Å². The van der Waals surface area contributed by atoms with E-state index in [9.17, 15) is 4.39 Å². The van der Waals surface area contributed by atoms with E-state index < -0.39 is 0 Å². The van der Waals surface area contributed by atoms with Crippen molar-refractivity contribution in [1.29, 1.82) is 0 Å². The second-order valence-corrected chi connectivity index (χ2v) is 5.54. The number of hydrogen-bond donors (Lipinski definition) is 1. The maximum absolute atomic E-state index is 14.2. The lowest BCUT2D eigenvalue weighted by molar-refractivity contribution is 0.505. The van der Waals surface area contributed by atoms with E-state index in [0.717, 1.165) is 29.7 Å². The third-order valence-corrected chi connectivity index (χ3v) is 3.71. The zero-order valence-corrected chi connectivity index (χ0v) is 13.3. The summed E-state index contributed by atoms with van der Waals surface area (Å²) in [6.45, 7) is 5.72.